The molecule has 1 aliphatic rings. The molecule has 0 saturated carbocycles. The van der Waals surface area contributed by atoms with E-state index in [4.69, 9.17) is 4.74 Å². The lowest BCUT2D eigenvalue weighted by Gasteiger charge is -2.12. The Hall–Kier alpha value is -2.62. The smallest absolute Gasteiger partial charge is 0.257 e. The first kappa shape index (κ1) is 20.7. The molecule has 3 amide bonds. The zero-order valence-electron chi connectivity index (χ0n) is 15.0. The van der Waals surface area contributed by atoms with Crippen LogP contribution in [0.3, 0.4) is 0 Å². The molecule has 1 saturated heterocycles. The van der Waals surface area contributed by atoms with Crippen molar-refractivity contribution in [3.05, 3.63) is 29.8 Å². The Bertz CT molecular complexity index is 809. The number of hydrazine groups is 1. The average molecular weight is 397 g/mol. The van der Waals surface area contributed by atoms with Crippen LogP contribution in [-0.4, -0.2) is 50.8 Å². The normalized spacial score (nSPS) is 17.7. The predicted octanol–water partition coefficient (Wildman–Crippen LogP) is -0.213. The Morgan fingerprint density at radius 2 is 1.85 bits per heavy atom. The van der Waals surface area contributed by atoms with Crippen LogP contribution in [0.5, 0.6) is 5.75 Å². The molecule has 2 rings (SSSR count). The van der Waals surface area contributed by atoms with Gasteiger partial charge in [0, 0.05) is 6.42 Å². The van der Waals surface area contributed by atoms with Gasteiger partial charge in [-0.3, -0.25) is 25.2 Å². The minimum atomic E-state index is -3.05. The van der Waals surface area contributed by atoms with Crippen molar-refractivity contribution in [3.8, 4) is 5.75 Å². The fraction of sp³-hybridized carbons (Fsp3) is 0.471. The lowest BCUT2D eigenvalue weighted by Crippen LogP contribution is -2.46. The van der Waals surface area contributed by atoms with Gasteiger partial charge in [0.15, 0.2) is 9.84 Å². The Morgan fingerprint density at radius 3 is 2.52 bits per heavy atom. The van der Waals surface area contributed by atoms with Crippen LogP contribution in [0, 0.1) is 5.92 Å². The highest BCUT2D eigenvalue weighted by Crippen LogP contribution is 2.21. The summed E-state index contributed by atoms with van der Waals surface area (Å²) in [5.74, 6) is -1.30. The number of amides is 3. The van der Waals surface area contributed by atoms with Gasteiger partial charge in [0.25, 0.3) is 11.8 Å². The van der Waals surface area contributed by atoms with Crippen LogP contribution in [0.25, 0.3) is 0 Å². The Balaban J connectivity index is 1.73. The van der Waals surface area contributed by atoms with Gasteiger partial charge in [-0.1, -0.05) is 12.1 Å². The Kier molecular flexibility index (Phi) is 7.17. The number of ether oxygens (including phenoxy) is 1. The average Bonchev–Trinajstić information content (AvgIpc) is 2.97. The first-order valence-corrected chi connectivity index (χ1v) is 10.4. The minimum absolute atomic E-state index is 0.0103. The van der Waals surface area contributed by atoms with Crippen molar-refractivity contribution in [2.24, 2.45) is 5.92 Å². The molecule has 3 N–H and O–H groups in total. The van der Waals surface area contributed by atoms with Gasteiger partial charge in [-0.25, -0.2) is 8.42 Å². The zero-order valence-corrected chi connectivity index (χ0v) is 15.8. The van der Waals surface area contributed by atoms with E-state index in [9.17, 15) is 22.8 Å². The summed E-state index contributed by atoms with van der Waals surface area (Å²) in [6.45, 7) is 1.86. The molecule has 1 aromatic carbocycles. The van der Waals surface area contributed by atoms with Gasteiger partial charge in [0.1, 0.15) is 5.75 Å². The number of sulfone groups is 1. The molecule has 148 valence electrons. The third-order valence-corrected chi connectivity index (χ3v) is 5.82. The maximum Gasteiger partial charge on any atom is 0.257 e. The highest BCUT2D eigenvalue weighted by Gasteiger charge is 2.29. The summed E-state index contributed by atoms with van der Waals surface area (Å²) in [7, 11) is -3.05. The number of para-hydroxylation sites is 1. The molecule has 1 fully saturated rings. The molecule has 0 aromatic heterocycles. The molecule has 1 unspecified atom stereocenters. The predicted molar refractivity (Wildman–Crippen MR) is 97.6 cm³/mol. The van der Waals surface area contributed by atoms with Crippen molar-refractivity contribution < 1.29 is 27.5 Å². The number of hydrogen-bond donors (Lipinski definition) is 3. The molecule has 0 bridgehead atoms. The van der Waals surface area contributed by atoms with Gasteiger partial charge >= 0.3 is 0 Å². The molecule has 0 radical (unpaired) electrons. The molecule has 10 heteroatoms. The van der Waals surface area contributed by atoms with Gasteiger partial charge in [-0.15, -0.1) is 0 Å². The van der Waals surface area contributed by atoms with Crippen LogP contribution in [0.15, 0.2) is 24.3 Å². The highest BCUT2D eigenvalue weighted by molar-refractivity contribution is 7.91. The second-order valence-electron chi connectivity index (χ2n) is 6.18. The lowest BCUT2D eigenvalue weighted by atomic mass is 10.1. The topological polar surface area (TPSA) is 131 Å². The van der Waals surface area contributed by atoms with E-state index in [1.165, 1.54) is 0 Å². The van der Waals surface area contributed by atoms with Crippen molar-refractivity contribution in [2.75, 3.05) is 24.7 Å². The molecule has 1 heterocycles. The lowest BCUT2D eigenvalue weighted by molar-refractivity contribution is -0.128. The van der Waals surface area contributed by atoms with Gasteiger partial charge in [0.2, 0.25) is 5.91 Å². The number of carbonyl (C=O) groups excluding carboxylic acids is 3. The van der Waals surface area contributed by atoms with Gasteiger partial charge in [0.05, 0.1) is 30.2 Å². The largest absolute Gasteiger partial charge is 0.493 e. The molecule has 1 atom stereocenters. The van der Waals surface area contributed by atoms with E-state index >= 15 is 0 Å². The molecule has 0 spiro atoms. The monoisotopic (exact) mass is 397 g/mol. The number of carbonyl (C=O) groups is 3. The third kappa shape index (κ3) is 6.55. The van der Waals surface area contributed by atoms with Crippen molar-refractivity contribution in [1.82, 2.24) is 16.2 Å². The standard InChI is InChI=1S/C17H23N3O6S/c1-2-26-14-6-4-3-5-13(14)17(23)18-10-16(22)20-19-15(21)9-12-7-8-27(24,25)11-12/h3-6,12H,2,7-11H2,1H3,(H,18,23)(H,19,21)(H,20,22). The summed E-state index contributed by atoms with van der Waals surface area (Å²) in [6, 6.07) is 6.65. The minimum Gasteiger partial charge on any atom is -0.493 e. The molecule has 27 heavy (non-hydrogen) atoms. The van der Waals surface area contributed by atoms with Crippen molar-refractivity contribution >= 4 is 27.6 Å². The van der Waals surface area contributed by atoms with Gasteiger partial charge < -0.3 is 10.1 Å². The molecule has 9 nitrogen and oxygen atoms in total. The first-order chi connectivity index (χ1) is 12.8. The quantitative estimate of drug-likeness (QED) is 0.546. The molecular formula is C17H23N3O6S. The fourth-order valence-corrected chi connectivity index (χ4v) is 4.58. The Morgan fingerprint density at radius 1 is 1.15 bits per heavy atom. The van der Waals surface area contributed by atoms with Crippen molar-refractivity contribution in [2.45, 2.75) is 19.8 Å². The van der Waals surface area contributed by atoms with Crippen LogP contribution in [0.4, 0.5) is 0 Å². The summed E-state index contributed by atoms with van der Waals surface area (Å²) >= 11 is 0. The van der Waals surface area contributed by atoms with E-state index in [1.54, 1.807) is 31.2 Å². The third-order valence-electron chi connectivity index (χ3n) is 3.98. The molecule has 1 aromatic rings. The molecular weight excluding hydrogens is 374 g/mol. The maximum atomic E-state index is 12.2. The number of hydrogen-bond acceptors (Lipinski definition) is 6. The summed E-state index contributed by atoms with van der Waals surface area (Å²) in [6.07, 6.45) is 0.465. The van der Waals surface area contributed by atoms with E-state index in [2.05, 4.69) is 16.2 Å². The second kappa shape index (κ2) is 9.36. The SMILES string of the molecule is CCOc1ccccc1C(=O)NCC(=O)NNC(=O)CC1CCS(=O)(=O)C1. The first-order valence-electron chi connectivity index (χ1n) is 8.59. The van der Waals surface area contributed by atoms with E-state index in [0.717, 1.165) is 0 Å². The number of benzene rings is 1. The molecule has 0 aliphatic carbocycles. The summed E-state index contributed by atoms with van der Waals surface area (Å²) < 4.78 is 28.1. The summed E-state index contributed by atoms with van der Waals surface area (Å²) in [5.41, 5.74) is 4.72. The van der Waals surface area contributed by atoms with Crippen LogP contribution in [0.1, 0.15) is 30.1 Å². The van der Waals surface area contributed by atoms with Crippen LogP contribution in [-0.2, 0) is 19.4 Å². The second-order valence-corrected chi connectivity index (χ2v) is 8.41. The Labute approximate surface area is 157 Å². The number of rotatable bonds is 7. The maximum absolute atomic E-state index is 12.2. The van der Waals surface area contributed by atoms with E-state index in [-0.39, 0.29) is 30.4 Å². The van der Waals surface area contributed by atoms with Crippen LogP contribution in [0.2, 0.25) is 0 Å². The van der Waals surface area contributed by atoms with Gasteiger partial charge in [-0.05, 0) is 31.4 Å². The van der Waals surface area contributed by atoms with Crippen molar-refractivity contribution in [3.63, 3.8) is 0 Å². The van der Waals surface area contributed by atoms with Crippen LogP contribution >= 0.6 is 0 Å². The highest BCUT2D eigenvalue weighted by atomic mass is 32.2. The molecule has 1 aliphatic heterocycles. The van der Waals surface area contributed by atoms with Crippen molar-refractivity contribution in [1.29, 1.82) is 0 Å². The van der Waals surface area contributed by atoms with E-state index in [1.807, 2.05) is 0 Å². The van der Waals surface area contributed by atoms with E-state index < -0.39 is 27.6 Å². The van der Waals surface area contributed by atoms with E-state index in [0.29, 0.717) is 24.3 Å². The zero-order chi connectivity index (χ0) is 19.9. The summed E-state index contributed by atoms with van der Waals surface area (Å²) in [5, 5.41) is 2.44. The number of nitrogens with one attached hydrogen (secondary N) is 3. The van der Waals surface area contributed by atoms with Gasteiger partial charge in [-0.2, -0.15) is 0 Å². The fourth-order valence-electron chi connectivity index (χ4n) is 2.72. The summed E-state index contributed by atoms with van der Waals surface area (Å²) in [4.78, 5) is 35.7. The van der Waals surface area contributed by atoms with Crippen LogP contribution < -0.4 is 20.9 Å².